The second-order valence-corrected chi connectivity index (χ2v) is 19.5. The number of hydrogen-bond acceptors (Lipinski definition) is 9. The molecule has 292 valence electrons. The van der Waals surface area contributed by atoms with Crippen molar-refractivity contribution in [3.63, 3.8) is 0 Å². The fourth-order valence-electron chi connectivity index (χ4n) is 10.8. The first-order valence-electron chi connectivity index (χ1n) is 19.5. The number of aromatic nitrogens is 3. The van der Waals surface area contributed by atoms with Crippen LogP contribution in [0, 0.1) is 23.2 Å². The number of carbonyl (C=O) groups is 2. The van der Waals surface area contributed by atoms with Crippen LogP contribution in [-0.2, 0) is 20.8 Å². The molecule has 2 aromatic heterocycles. The number of esters is 1. The number of rotatable bonds is 9. The number of amides is 1. The van der Waals surface area contributed by atoms with Gasteiger partial charge in [-0.05, 0) is 134 Å². The van der Waals surface area contributed by atoms with E-state index in [4.69, 9.17) is 29.0 Å². The molecule has 4 saturated carbocycles. The Hall–Kier alpha value is -4.12. The molecule has 1 aliphatic heterocycles. The maximum Gasteiger partial charge on any atom is 0.410 e. The molecular weight excluding hydrogens is 683 g/mol. The van der Waals surface area contributed by atoms with Crippen LogP contribution in [0.4, 0.5) is 10.5 Å². The molecule has 2 unspecified atom stereocenters. The van der Waals surface area contributed by atoms with Crippen LogP contribution in [0.3, 0.4) is 0 Å². The zero-order chi connectivity index (χ0) is 38.9. The molecule has 1 aromatic carbocycles. The molecule has 3 aromatic rings. The first-order chi connectivity index (χ1) is 25.2. The lowest BCUT2D eigenvalue weighted by Gasteiger charge is -2.69. The minimum absolute atomic E-state index is 0.00364. The highest BCUT2D eigenvalue weighted by Crippen LogP contribution is 2.72. The predicted molar refractivity (Wildman–Crippen MR) is 209 cm³/mol. The average Bonchev–Trinajstić information content (AvgIpc) is 3.39. The molecule has 8 rings (SSSR count). The van der Waals surface area contributed by atoms with Gasteiger partial charge in [0.2, 0.25) is 0 Å². The molecule has 11 nitrogen and oxygen atoms in total. The van der Waals surface area contributed by atoms with Crippen molar-refractivity contribution < 1.29 is 28.5 Å². The van der Waals surface area contributed by atoms with Crippen LogP contribution < -0.4 is 10.1 Å². The van der Waals surface area contributed by atoms with Crippen LogP contribution in [0.5, 0.6) is 5.75 Å². The largest absolute Gasteiger partial charge is 0.490 e. The van der Waals surface area contributed by atoms with Crippen molar-refractivity contribution in [3.8, 4) is 28.1 Å². The number of anilines is 1. The Balaban J connectivity index is 1.15. The highest BCUT2D eigenvalue weighted by molar-refractivity contribution is 5.96. The maximum atomic E-state index is 13.8. The van der Waals surface area contributed by atoms with E-state index in [1.807, 2.05) is 78.1 Å². The lowest BCUT2D eigenvalue weighted by atomic mass is 9.39. The van der Waals surface area contributed by atoms with E-state index in [9.17, 15) is 9.59 Å². The highest BCUT2D eigenvalue weighted by Gasteiger charge is 2.66. The summed E-state index contributed by atoms with van der Waals surface area (Å²) in [6, 6.07) is 9.87. The first kappa shape index (κ1) is 38.2. The average molecular weight is 742 g/mol. The minimum atomic E-state index is -0.688. The standard InChI is InChI=1S/C43H59N5O6/c1-28-31(30-12-13-32(46-35(30)36(49)53-38(2,3)4)29-11-14-34-33(19-29)44-15-17-51-34)20-45-48(28)27-42-22-40(8)21-41(9,23-42)25-43(24-40,26-42)52-18-16-47(10)37(50)54-39(5,6)7/h11-14,19-20,44H,15-18,21-27H2,1-10H3. The predicted octanol–water partition coefficient (Wildman–Crippen LogP) is 8.68. The van der Waals surface area contributed by atoms with Crippen molar-refractivity contribution in [2.75, 3.05) is 38.7 Å². The number of ether oxygens (including phenoxy) is 4. The molecule has 2 atom stereocenters. The Morgan fingerprint density at radius 2 is 1.63 bits per heavy atom. The van der Waals surface area contributed by atoms with Gasteiger partial charge in [-0.15, -0.1) is 0 Å². The van der Waals surface area contributed by atoms with Crippen LogP contribution in [0.15, 0.2) is 36.5 Å². The summed E-state index contributed by atoms with van der Waals surface area (Å²) < 4.78 is 26.3. The molecule has 1 amide bonds. The number of likely N-dealkylation sites (N-methyl/N-ethyl adjacent to an activating group) is 1. The lowest BCUT2D eigenvalue weighted by Crippen LogP contribution is -2.64. The Morgan fingerprint density at radius 1 is 0.926 bits per heavy atom. The summed E-state index contributed by atoms with van der Waals surface area (Å²) in [5.41, 5.74) is 4.14. The van der Waals surface area contributed by atoms with Crippen LogP contribution in [-0.4, -0.2) is 81.9 Å². The quantitative estimate of drug-likeness (QED) is 0.215. The molecular formula is C43H59N5O6. The van der Waals surface area contributed by atoms with Gasteiger partial charge in [-0.2, -0.15) is 5.10 Å². The summed E-state index contributed by atoms with van der Waals surface area (Å²) in [5, 5.41) is 8.38. The van der Waals surface area contributed by atoms with E-state index in [2.05, 4.69) is 30.8 Å². The van der Waals surface area contributed by atoms with Crippen LogP contribution >= 0.6 is 0 Å². The molecule has 4 bridgehead atoms. The van der Waals surface area contributed by atoms with E-state index in [0.717, 1.165) is 73.5 Å². The van der Waals surface area contributed by atoms with Crippen molar-refractivity contribution in [2.24, 2.45) is 16.2 Å². The number of nitrogens with one attached hydrogen (secondary N) is 1. The molecule has 3 heterocycles. The normalized spacial score (nSPS) is 27.1. The zero-order valence-electron chi connectivity index (χ0n) is 34.0. The number of fused-ring (bicyclic) bond motifs is 1. The molecule has 54 heavy (non-hydrogen) atoms. The fraction of sp³-hybridized carbons (Fsp3) is 0.628. The number of benzene rings is 1. The van der Waals surface area contributed by atoms with Gasteiger partial charge in [0.15, 0.2) is 5.69 Å². The number of pyridine rings is 1. The minimum Gasteiger partial charge on any atom is -0.490 e. The van der Waals surface area contributed by atoms with E-state index in [1.54, 1.807) is 11.9 Å². The van der Waals surface area contributed by atoms with E-state index in [0.29, 0.717) is 31.0 Å². The van der Waals surface area contributed by atoms with Gasteiger partial charge in [0.25, 0.3) is 0 Å². The number of carbonyl (C=O) groups excluding carboxylic acids is 2. The smallest absolute Gasteiger partial charge is 0.410 e. The SMILES string of the molecule is Cc1c(-c2ccc(-c3ccc4c(c3)NCCO4)nc2C(=O)OC(C)(C)C)cnn1CC12CC3(C)CC(C)(C1)CC(OCCN(C)C(=O)OC(C)(C)C)(C3)C2. The highest BCUT2D eigenvalue weighted by atomic mass is 16.6. The summed E-state index contributed by atoms with van der Waals surface area (Å²) in [6.07, 6.45) is 7.99. The Morgan fingerprint density at radius 3 is 2.31 bits per heavy atom. The second-order valence-electron chi connectivity index (χ2n) is 19.5. The molecule has 0 radical (unpaired) electrons. The van der Waals surface area contributed by atoms with Gasteiger partial charge in [-0.1, -0.05) is 13.8 Å². The topological polar surface area (TPSA) is 117 Å². The molecule has 0 spiro atoms. The molecule has 0 saturated heterocycles. The van der Waals surface area contributed by atoms with Gasteiger partial charge in [0, 0.05) is 49.1 Å². The Kier molecular flexibility index (Phi) is 9.38. The summed E-state index contributed by atoms with van der Waals surface area (Å²) >= 11 is 0. The number of nitrogens with zero attached hydrogens (tertiary/aromatic N) is 4. The van der Waals surface area contributed by atoms with E-state index in [1.165, 1.54) is 6.42 Å². The van der Waals surface area contributed by atoms with Gasteiger partial charge >= 0.3 is 12.1 Å². The first-order valence-corrected chi connectivity index (χ1v) is 19.5. The van der Waals surface area contributed by atoms with Gasteiger partial charge in [0.05, 0.1) is 29.8 Å². The molecule has 4 fully saturated rings. The molecule has 1 N–H and O–H groups in total. The van der Waals surface area contributed by atoms with Gasteiger partial charge < -0.3 is 29.2 Å². The summed E-state index contributed by atoms with van der Waals surface area (Å²) in [5.74, 6) is 0.339. The van der Waals surface area contributed by atoms with Crippen molar-refractivity contribution >= 4 is 17.7 Å². The Bertz CT molecular complexity index is 1920. The summed E-state index contributed by atoms with van der Waals surface area (Å²) in [7, 11) is 1.78. The fourth-order valence-corrected chi connectivity index (χ4v) is 10.8. The molecule has 11 heteroatoms. The third-order valence-electron chi connectivity index (χ3n) is 11.5. The third-order valence-corrected chi connectivity index (χ3v) is 11.5. The van der Waals surface area contributed by atoms with Crippen molar-refractivity contribution in [1.29, 1.82) is 0 Å². The van der Waals surface area contributed by atoms with Gasteiger partial charge in [-0.3, -0.25) is 4.68 Å². The third kappa shape index (κ3) is 7.84. The van der Waals surface area contributed by atoms with Crippen molar-refractivity contribution in [1.82, 2.24) is 19.7 Å². The van der Waals surface area contributed by atoms with Crippen molar-refractivity contribution in [3.05, 3.63) is 47.9 Å². The number of hydrogen-bond donors (Lipinski definition) is 1. The van der Waals surface area contributed by atoms with Crippen LogP contribution in [0.2, 0.25) is 0 Å². The van der Waals surface area contributed by atoms with Gasteiger partial charge in [0.1, 0.15) is 23.6 Å². The van der Waals surface area contributed by atoms with Crippen LogP contribution in [0.25, 0.3) is 22.4 Å². The van der Waals surface area contributed by atoms with E-state index >= 15 is 0 Å². The Labute approximate surface area is 320 Å². The molecule has 4 aliphatic carbocycles. The maximum absolute atomic E-state index is 13.8. The lowest BCUT2D eigenvalue weighted by molar-refractivity contribution is -0.248. The van der Waals surface area contributed by atoms with E-state index < -0.39 is 17.2 Å². The van der Waals surface area contributed by atoms with Crippen molar-refractivity contribution in [2.45, 2.75) is 124 Å². The monoisotopic (exact) mass is 741 g/mol. The van der Waals surface area contributed by atoms with E-state index in [-0.39, 0.29) is 33.6 Å². The summed E-state index contributed by atoms with van der Waals surface area (Å²) in [4.78, 5) is 33.1. The van der Waals surface area contributed by atoms with Gasteiger partial charge in [-0.25, -0.2) is 14.6 Å². The molecule has 5 aliphatic rings. The second kappa shape index (κ2) is 13.3. The zero-order valence-corrected chi connectivity index (χ0v) is 34.0. The summed E-state index contributed by atoms with van der Waals surface area (Å²) in [6.45, 7) is 21.3. The van der Waals surface area contributed by atoms with Crippen LogP contribution in [0.1, 0.15) is 110 Å².